The van der Waals surface area contributed by atoms with Crippen LogP contribution in [0.3, 0.4) is 0 Å². The number of para-hydroxylation sites is 1. The zero-order chi connectivity index (χ0) is 30.7. The van der Waals surface area contributed by atoms with E-state index in [-0.39, 0.29) is 23.0 Å². The number of ether oxygens (including phenoxy) is 2. The Kier molecular flexibility index (Phi) is 8.81. The Morgan fingerprint density at radius 2 is 1.88 bits per heavy atom. The van der Waals surface area contributed by atoms with E-state index in [1.54, 1.807) is 30.5 Å². The molecule has 5 aromatic rings. The number of hydrogen-bond acceptors (Lipinski definition) is 8. The molecule has 3 aromatic carbocycles. The minimum atomic E-state index is -0.517. The van der Waals surface area contributed by atoms with Crippen molar-refractivity contribution in [2.75, 3.05) is 6.61 Å². The molecule has 0 saturated heterocycles. The third kappa shape index (κ3) is 6.41. The smallest absolute Gasteiger partial charge is 0.287 e. The van der Waals surface area contributed by atoms with Crippen LogP contribution >= 0.6 is 22.6 Å². The van der Waals surface area contributed by atoms with Gasteiger partial charge in [0.2, 0.25) is 5.88 Å². The Bertz CT molecular complexity index is 1920. The van der Waals surface area contributed by atoms with E-state index in [9.17, 15) is 14.9 Å². The standard InChI is InChI=1S/C32H28IN5O5/c1-5-42-29-14-20(4)25(16-24(29)19(2)3)31-36-27-9-7-6-8-23(27)32(39)37(31)35-17-21-10-12-28(26(33)15-21)43-30-13-11-22(18-34-30)38(40)41/h6-19H,5H2,1-4H3. The highest BCUT2D eigenvalue weighted by Crippen LogP contribution is 2.34. The van der Waals surface area contributed by atoms with Crippen molar-refractivity contribution in [2.45, 2.75) is 33.6 Å². The molecule has 0 fully saturated rings. The van der Waals surface area contributed by atoms with Crippen molar-refractivity contribution in [1.29, 1.82) is 0 Å². The Balaban J connectivity index is 1.55. The number of rotatable bonds is 9. The van der Waals surface area contributed by atoms with E-state index in [1.807, 2.05) is 44.2 Å². The second-order valence-electron chi connectivity index (χ2n) is 10.0. The van der Waals surface area contributed by atoms with Gasteiger partial charge in [0.15, 0.2) is 5.82 Å². The summed E-state index contributed by atoms with van der Waals surface area (Å²) in [6.07, 6.45) is 2.75. The second-order valence-corrected chi connectivity index (χ2v) is 11.2. The maximum absolute atomic E-state index is 13.7. The molecule has 0 aliphatic heterocycles. The summed E-state index contributed by atoms with van der Waals surface area (Å²) in [7, 11) is 0. The predicted molar refractivity (Wildman–Crippen MR) is 175 cm³/mol. The molecule has 0 bridgehead atoms. The van der Waals surface area contributed by atoms with Gasteiger partial charge in [-0.1, -0.05) is 26.0 Å². The Morgan fingerprint density at radius 1 is 1.09 bits per heavy atom. The minimum absolute atomic E-state index is 0.118. The lowest BCUT2D eigenvalue weighted by Crippen LogP contribution is -2.21. The summed E-state index contributed by atoms with van der Waals surface area (Å²) >= 11 is 2.13. The molecule has 0 spiro atoms. The molecule has 10 nitrogen and oxygen atoms in total. The molecule has 0 atom stereocenters. The fraction of sp³-hybridized carbons (Fsp3) is 0.188. The van der Waals surface area contributed by atoms with Gasteiger partial charge < -0.3 is 9.47 Å². The van der Waals surface area contributed by atoms with Crippen molar-refractivity contribution in [2.24, 2.45) is 5.10 Å². The van der Waals surface area contributed by atoms with Crippen LogP contribution in [-0.4, -0.2) is 32.4 Å². The lowest BCUT2D eigenvalue weighted by atomic mass is 9.96. The molecule has 0 amide bonds. The van der Waals surface area contributed by atoms with Crippen molar-refractivity contribution in [3.8, 4) is 28.8 Å². The van der Waals surface area contributed by atoms with Crippen LogP contribution in [0.5, 0.6) is 17.4 Å². The summed E-state index contributed by atoms with van der Waals surface area (Å²) in [5.41, 5.74) is 3.64. The van der Waals surface area contributed by atoms with Crippen LogP contribution in [0, 0.1) is 20.6 Å². The topological polar surface area (TPSA) is 122 Å². The highest BCUT2D eigenvalue weighted by molar-refractivity contribution is 14.1. The quantitative estimate of drug-likeness (QED) is 0.0681. The largest absolute Gasteiger partial charge is 0.494 e. The van der Waals surface area contributed by atoms with E-state index in [0.29, 0.717) is 29.1 Å². The average Bonchev–Trinajstić information content (AvgIpc) is 2.98. The van der Waals surface area contributed by atoms with Crippen molar-refractivity contribution in [1.82, 2.24) is 14.6 Å². The zero-order valence-electron chi connectivity index (χ0n) is 23.9. The highest BCUT2D eigenvalue weighted by atomic mass is 127. The molecule has 0 aliphatic rings. The van der Waals surface area contributed by atoms with E-state index in [0.717, 1.165) is 37.8 Å². The number of pyridine rings is 1. The summed E-state index contributed by atoms with van der Waals surface area (Å²) in [5.74, 6) is 2.19. The van der Waals surface area contributed by atoms with Gasteiger partial charge in [0.05, 0.1) is 32.2 Å². The summed E-state index contributed by atoms with van der Waals surface area (Å²) in [6, 6.07) is 19.4. The van der Waals surface area contributed by atoms with Crippen molar-refractivity contribution in [3.63, 3.8) is 0 Å². The van der Waals surface area contributed by atoms with Crippen molar-refractivity contribution in [3.05, 3.63) is 114 Å². The lowest BCUT2D eigenvalue weighted by molar-refractivity contribution is -0.385. The molecule has 5 rings (SSSR count). The summed E-state index contributed by atoms with van der Waals surface area (Å²) in [6.45, 7) is 8.68. The number of aromatic nitrogens is 3. The van der Waals surface area contributed by atoms with Crippen LogP contribution in [0.25, 0.3) is 22.3 Å². The summed E-state index contributed by atoms with van der Waals surface area (Å²) < 4.78 is 13.8. The van der Waals surface area contributed by atoms with Gasteiger partial charge in [0.1, 0.15) is 17.7 Å². The van der Waals surface area contributed by atoms with E-state index in [4.69, 9.17) is 14.5 Å². The Hall–Kier alpha value is -4.65. The third-order valence-corrected chi connectivity index (χ3v) is 7.54. The first-order valence-electron chi connectivity index (χ1n) is 13.6. The minimum Gasteiger partial charge on any atom is -0.494 e. The van der Waals surface area contributed by atoms with Gasteiger partial charge in [-0.15, -0.1) is 0 Å². The van der Waals surface area contributed by atoms with E-state index in [2.05, 4.69) is 46.5 Å². The number of aryl methyl sites for hydroxylation is 1. The molecule has 0 unspecified atom stereocenters. The van der Waals surface area contributed by atoms with Crippen LogP contribution in [0.15, 0.2) is 82.8 Å². The molecular weight excluding hydrogens is 661 g/mol. The maximum Gasteiger partial charge on any atom is 0.287 e. The molecule has 2 heterocycles. The van der Waals surface area contributed by atoms with Crippen LogP contribution in [0.1, 0.15) is 43.4 Å². The summed E-state index contributed by atoms with van der Waals surface area (Å²) in [5, 5.41) is 16.0. The second kappa shape index (κ2) is 12.7. The van der Waals surface area contributed by atoms with Gasteiger partial charge in [0.25, 0.3) is 11.2 Å². The molecule has 0 saturated carbocycles. The SMILES string of the molecule is CCOc1cc(C)c(-c2nc3ccccc3c(=O)n2N=Cc2ccc(Oc3ccc([N+](=O)[O-])cn3)c(I)c2)cc1C(C)C. The van der Waals surface area contributed by atoms with Gasteiger partial charge in [-0.3, -0.25) is 14.9 Å². The van der Waals surface area contributed by atoms with Crippen LogP contribution < -0.4 is 15.0 Å². The maximum atomic E-state index is 13.7. The van der Waals surface area contributed by atoms with Crippen LogP contribution in [0.4, 0.5) is 5.69 Å². The van der Waals surface area contributed by atoms with E-state index < -0.39 is 4.92 Å². The normalized spacial score (nSPS) is 11.4. The number of benzene rings is 3. The van der Waals surface area contributed by atoms with E-state index in [1.165, 1.54) is 16.8 Å². The van der Waals surface area contributed by atoms with Gasteiger partial charge in [-0.2, -0.15) is 9.78 Å². The highest BCUT2D eigenvalue weighted by Gasteiger charge is 2.19. The monoisotopic (exact) mass is 689 g/mol. The lowest BCUT2D eigenvalue weighted by Gasteiger charge is -2.18. The predicted octanol–water partition coefficient (Wildman–Crippen LogP) is 7.48. The van der Waals surface area contributed by atoms with Gasteiger partial charge in [-0.05, 0) is 102 Å². The van der Waals surface area contributed by atoms with Crippen LogP contribution in [0.2, 0.25) is 0 Å². The summed E-state index contributed by atoms with van der Waals surface area (Å²) in [4.78, 5) is 33.0. The average molecular weight is 690 g/mol. The molecule has 0 aliphatic carbocycles. The first kappa shape index (κ1) is 29.8. The van der Waals surface area contributed by atoms with Gasteiger partial charge >= 0.3 is 0 Å². The number of fused-ring (bicyclic) bond motifs is 1. The molecule has 43 heavy (non-hydrogen) atoms. The first-order valence-corrected chi connectivity index (χ1v) is 14.7. The molecule has 0 radical (unpaired) electrons. The number of halogens is 1. The third-order valence-electron chi connectivity index (χ3n) is 6.70. The molecule has 2 aromatic heterocycles. The fourth-order valence-electron chi connectivity index (χ4n) is 4.53. The molecular formula is C32H28IN5O5. The molecule has 218 valence electrons. The van der Waals surface area contributed by atoms with Gasteiger partial charge in [-0.25, -0.2) is 9.97 Å². The Morgan fingerprint density at radius 3 is 2.56 bits per heavy atom. The molecule has 0 N–H and O–H groups in total. The Labute approximate surface area is 261 Å². The fourth-order valence-corrected chi connectivity index (χ4v) is 5.18. The number of hydrogen-bond donors (Lipinski definition) is 0. The van der Waals surface area contributed by atoms with Crippen molar-refractivity contribution >= 4 is 45.4 Å². The van der Waals surface area contributed by atoms with E-state index >= 15 is 0 Å². The zero-order valence-corrected chi connectivity index (χ0v) is 26.1. The van der Waals surface area contributed by atoms with Gasteiger partial charge in [0, 0.05) is 17.7 Å². The van der Waals surface area contributed by atoms with Crippen molar-refractivity contribution < 1.29 is 14.4 Å². The number of nitrogens with zero attached hydrogens (tertiary/aromatic N) is 5. The van der Waals surface area contributed by atoms with Crippen LogP contribution in [-0.2, 0) is 0 Å². The number of nitro groups is 1. The first-order chi connectivity index (χ1) is 20.7. The molecule has 11 heteroatoms.